The Morgan fingerprint density at radius 1 is 1.16 bits per heavy atom. The SMILES string of the molecule is CC(=O)Nc1ccccc1OCc1ccc(N)cc1. The molecular formula is C15H16N2O2. The highest BCUT2D eigenvalue weighted by atomic mass is 16.5. The van der Waals surface area contributed by atoms with Crippen LogP contribution >= 0.6 is 0 Å². The van der Waals surface area contributed by atoms with E-state index in [1.54, 1.807) is 6.07 Å². The van der Waals surface area contributed by atoms with E-state index >= 15 is 0 Å². The normalized spacial score (nSPS) is 9.95. The molecule has 0 heterocycles. The predicted octanol–water partition coefficient (Wildman–Crippen LogP) is 2.81. The van der Waals surface area contributed by atoms with Gasteiger partial charge in [-0.1, -0.05) is 24.3 Å². The van der Waals surface area contributed by atoms with E-state index in [9.17, 15) is 4.79 Å². The molecule has 0 unspecified atom stereocenters. The molecule has 0 fully saturated rings. The summed E-state index contributed by atoms with van der Waals surface area (Å²) in [6, 6.07) is 14.8. The first-order chi connectivity index (χ1) is 9.15. The van der Waals surface area contributed by atoms with Crippen LogP contribution in [0.3, 0.4) is 0 Å². The molecule has 0 atom stereocenters. The summed E-state index contributed by atoms with van der Waals surface area (Å²) in [5, 5.41) is 2.73. The number of rotatable bonds is 4. The number of hydrogen-bond donors (Lipinski definition) is 2. The van der Waals surface area contributed by atoms with Gasteiger partial charge in [-0.05, 0) is 29.8 Å². The van der Waals surface area contributed by atoms with Crippen molar-refractivity contribution >= 4 is 17.3 Å². The summed E-state index contributed by atoms with van der Waals surface area (Å²) in [5.74, 6) is 0.526. The summed E-state index contributed by atoms with van der Waals surface area (Å²) in [5.41, 5.74) is 8.04. The van der Waals surface area contributed by atoms with Crippen molar-refractivity contribution in [1.29, 1.82) is 0 Å². The number of para-hydroxylation sites is 2. The molecule has 2 rings (SSSR count). The van der Waals surface area contributed by atoms with Gasteiger partial charge in [-0.15, -0.1) is 0 Å². The van der Waals surface area contributed by atoms with E-state index in [-0.39, 0.29) is 5.91 Å². The third kappa shape index (κ3) is 3.74. The third-order valence-electron chi connectivity index (χ3n) is 2.57. The van der Waals surface area contributed by atoms with Gasteiger partial charge in [0.05, 0.1) is 5.69 Å². The molecule has 1 amide bonds. The smallest absolute Gasteiger partial charge is 0.221 e. The summed E-state index contributed by atoms with van der Waals surface area (Å²) < 4.78 is 5.71. The van der Waals surface area contributed by atoms with Crippen molar-refractivity contribution in [3.05, 3.63) is 54.1 Å². The molecule has 4 heteroatoms. The minimum Gasteiger partial charge on any atom is -0.487 e. The van der Waals surface area contributed by atoms with Gasteiger partial charge in [0.25, 0.3) is 0 Å². The lowest BCUT2D eigenvalue weighted by atomic mass is 10.2. The molecule has 4 nitrogen and oxygen atoms in total. The van der Waals surface area contributed by atoms with E-state index in [1.165, 1.54) is 6.92 Å². The van der Waals surface area contributed by atoms with Gasteiger partial charge in [-0.25, -0.2) is 0 Å². The van der Waals surface area contributed by atoms with Crippen LogP contribution < -0.4 is 15.8 Å². The Kier molecular flexibility index (Phi) is 4.03. The Morgan fingerprint density at radius 3 is 2.53 bits per heavy atom. The molecule has 0 aliphatic carbocycles. The van der Waals surface area contributed by atoms with Crippen LogP contribution in [0.1, 0.15) is 12.5 Å². The highest BCUT2D eigenvalue weighted by Crippen LogP contribution is 2.24. The summed E-state index contributed by atoms with van der Waals surface area (Å²) in [4.78, 5) is 11.1. The van der Waals surface area contributed by atoms with Crippen LogP contribution in [0.15, 0.2) is 48.5 Å². The van der Waals surface area contributed by atoms with Gasteiger partial charge in [0.2, 0.25) is 5.91 Å². The molecule has 0 saturated heterocycles. The van der Waals surface area contributed by atoms with Gasteiger partial charge in [0.1, 0.15) is 12.4 Å². The zero-order valence-electron chi connectivity index (χ0n) is 10.7. The van der Waals surface area contributed by atoms with Gasteiger partial charge in [-0.3, -0.25) is 4.79 Å². The number of nitrogen functional groups attached to an aromatic ring is 1. The molecule has 2 aromatic rings. The average molecular weight is 256 g/mol. The van der Waals surface area contributed by atoms with Crippen molar-refractivity contribution in [3.63, 3.8) is 0 Å². The minimum atomic E-state index is -0.122. The highest BCUT2D eigenvalue weighted by Gasteiger charge is 2.04. The molecule has 0 saturated carbocycles. The number of ether oxygens (including phenoxy) is 1. The fourth-order valence-electron chi connectivity index (χ4n) is 1.66. The second-order valence-electron chi connectivity index (χ2n) is 4.21. The number of carbonyl (C=O) groups is 1. The molecule has 0 spiro atoms. The van der Waals surface area contributed by atoms with Crippen LogP contribution in [0.25, 0.3) is 0 Å². The first-order valence-electron chi connectivity index (χ1n) is 5.99. The Balaban J connectivity index is 2.06. The number of nitrogens with two attached hydrogens (primary N) is 1. The Bertz CT molecular complexity index is 565. The third-order valence-corrected chi connectivity index (χ3v) is 2.57. The summed E-state index contributed by atoms with van der Waals surface area (Å²) >= 11 is 0. The molecule has 3 N–H and O–H groups in total. The lowest BCUT2D eigenvalue weighted by molar-refractivity contribution is -0.114. The van der Waals surface area contributed by atoms with E-state index in [2.05, 4.69) is 5.32 Å². The zero-order chi connectivity index (χ0) is 13.7. The first-order valence-corrected chi connectivity index (χ1v) is 5.99. The van der Waals surface area contributed by atoms with Crippen molar-refractivity contribution in [2.24, 2.45) is 0 Å². The first kappa shape index (κ1) is 13.0. The van der Waals surface area contributed by atoms with Crippen LogP contribution in [0, 0.1) is 0 Å². The fourth-order valence-corrected chi connectivity index (χ4v) is 1.66. The quantitative estimate of drug-likeness (QED) is 0.827. The van der Waals surface area contributed by atoms with Crippen LogP contribution in [0.2, 0.25) is 0 Å². The molecular weight excluding hydrogens is 240 g/mol. The number of anilines is 2. The maximum absolute atomic E-state index is 11.1. The van der Waals surface area contributed by atoms with Crippen LogP contribution in [-0.4, -0.2) is 5.91 Å². The molecule has 0 radical (unpaired) electrons. The maximum atomic E-state index is 11.1. The molecule has 0 aliphatic heterocycles. The number of carbonyl (C=O) groups excluding carboxylic acids is 1. The van der Waals surface area contributed by atoms with Crippen LogP contribution in [0.5, 0.6) is 5.75 Å². The molecule has 0 bridgehead atoms. The number of hydrogen-bond acceptors (Lipinski definition) is 3. The topological polar surface area (TPSA) is 64.3 Å². The maximum Gasteiger partial charge on any atom is 0.221 e. The number of benzene rings is 2. The number of nitrogens with one attached hydrogen (secondary N) is 1. The van der Waals surface area contributed by atoms with Crippen LogP contribution in [0.4, 0.5) is 11.4 Å². The van der Waals surface area contributed by atoms with E-state index in [4.69, 9.17) is 10.5 Å². The number of amides is 1. The van der Waals surface area contributed by atoms with E-state index < -0.39 is 0 Å². The van der Waals surface area contributed by atoms with Gasteiger partial charge < -0.3 is 15.8 Å². The van der Waals surface area contributed by atoms with Crippen LogP contribution in [-0.2, 0) is 11.4 Å². The monoisotopic (exact) mass is 256 g/mol. The van der Waals surface area contributed by atoms with Gasteiger partial charge >= 0.3 is 0 Å². The largest absolute Gasteiger partial charge is 0.487 e. The summed E-state index contributed by atoms with van der Waals surface area (Å²) in [6.07, 6.45) is 0. The Labute approximate surface area is 112 Å². The molecule has 2 aromatic carbocycles. The van der Waals surface area contributed by atoms with Crippen molar-refractivity contribution in [3.8, 4) is 5.75 Å². The summed E-state index contributed by atoms with van der Waals surface area (Å²) in [7, 11) is 0. The standard InChI is InChI=1S/C15H16N2O2/c1-11(18)17-14-4-2-3-5-15(14)19-10-12-6-8-13(16)9-7-12/h2-9H,10,16H2,1H3,(H,17,18). The van der Waals surface area contributed by atoms with Crippen molar-refractivity contribution in [2.45, 2.75) is 13.5 Å². The molecule has 19 heavy (non-hydrogen) atoms. The molecule has 98 valence electrons. The zero-order valence-corrected chi connectivity index (χ0v) is 10.7. The second-order valence-corrected chi connectivity index (χ2v) is 4.21. The van der Waals surface area contributed by atoms with Gasteiger partial charge in [-0.2, -0.15) is 0 Å². The van der Waals surface area contributed by atoms with Crippen molar-refractivity contribution in [2.75, 3.05) is 11.1 Å². The van der Waals surface area contributed by atoms with Gasteiger partial charge in [0.15, 0.2) is 0 Å². The van der Waals surface area contributed by atoms with Crippen molar-refractivity contribution in [1.82, 2.24) is 0 Å². The highest BCUT2D eigenvalue weighted by molar-refractivity contribution is 5.90. The molecule has 0 aromatic heterocycles. The fraction of sp³-hybridized carbons (Fsp3) is 0.133. The minimum absolute atomic E-state index is 0.122. The van der Waals surface area contributed by atoms with E-state index in [1.807, 2.05) is 42.5 Å². The van der Waals surface area contributed by atoms with Gasteiger partial charge in [0, 0.05) is 12.6 Å². The molecule has 0 aliphatic rings. The average Bonchev–Trinajstić information content (AvgIpc) is 2.39. The Morgan fingerprint density at radius 2 is 1.84 bits per heavy atom. The second kappa shape index (κ2) is 5.91. The van der Waals surface area contributed by atoms with E-state index in [0.717, 1.165) is 11.3 Å². The van der Waals surface area contributed by atoms with E-state index in [0.29, 0.717) is 18.0 Å². The predicted molar refractivity (Wildman–Crippen MR) is 75.9 cm³/mol. The Hall–Kier alpha value is -2.49. The lowest BCUT2D eigenvalue weighted by Crippen LogP contribution is -2.07. The lowest BCUT2D eigenvalue weighted by Gasteiger charge is -2.11. The summed E-state index contributed by atoms with van der Waals surface area (Å²) in [6.45, 7) is 1.90. The van der Waals surface area contributed by atoms with Crippen molar-refractivity contribution < 1.29 is 9.53 Å².